The van der Waals surface area contributed by atoms with E-state index in [0.29, 0.717) is 16.2 Å². The molecule has 2 saturated heterocycles. The summed E-state index contributed by atoms with van der Waals surface area (Å²) in [6.07, 6.45) is 0.838. The standard InChI is InChI=1S/C29H25FN2O7/c1-29-19(25(35)31(27(29)37)14-7-4-3-5-8-14)13-18-15(22(29)17-9-6-10-20(30)23(17)33)11-12-16-21(18)26(36)32(24(16)34)28(38)39-2/h3-11,16,18-19,21-22,33H,12-13H2,1-2H3/t16-,18+,19-,21-,22+,29+/m0/s1. The van der Waals surface area contributed by atoms with Crippen LogP contribution in [0.5, 0.6) is 5.75 Å². The molecular formula is C29H25FN2O7. The number of phenolic OH excluding ortho intramolecular Hbond substituents is 1. The van der Waals surface area contributed by atoms with Crippen LogP contribution in [0.15, 0.2) is 60.2 Å². The van der Waals surface area contributed by atoms with E-state index in [1.54, 1.807) is 43.3 Å². The SMILES string of the molecule is COC(=O)N1C(=O)[C@H]2[C@H](CC=C3[C@H]2C[C@H]2C(=O)N(c4ccccc4)C(=O)[C@@]2(C)[C@H]3c2cccc(F)c2O)C1=O. The number of aromatic hydroxyl groups is 1. The molecule has 2 aliphatic carbocycles. The predicted molar refractivity (Wildman–Crippen MR) is 133 cm³/mol. The van der Waals surface area contributed by atoms with Gasteiger partial charge in [0.1, 0.15) is 0 Å². The van der Waals surface area contributed by atoms with Gasteiger partial charge in [-0.3, -0.25) is 19.2 Å². The van der Waals surface area contributed by atoms with Crippen molar-refractivity contribution < 1.29 is 38.2 Å². The Kier molecular flexibility index (Phi) is 5.50. The normalized spacial score (nSPS) is 31.6. The predicted octanol–water partition coefficient (Wildman–Crippen LogP) is 3.53. The second-order valence-corrected chi connectivity index (χ2v) is 10.7. The zero-order valence-electron chi connectivity index (χ0n) is 21.2. The summed E-state index contributed by atoms with van der Waals surface area (Å²) >= 11 is 0. The van der Waals surface area contributed by atoms with Crippen molar-refractivity contribution in [2.45, 2.75) is 25.7 Å². The molecule has 0 unspecified atom stereocenters. The lowest BCUT2D eigenvalue weighted by Crippen LogP contribution is -2.49. The second-order valence-electron chi connectivity index (χ2n) is 10.7. The van der Waals surface area contributed by atoms with Crippen LogP contribution >= 0.6 is 0 Å². The van der Waals surface area contributed by atoms with Gasteiger partial charge in [0.05, 0.1) is 36.0 Å². The van der Waals surface area contributed by atoms with Gasteiger partial charge in [0.25, 0.3) is 0 Å². The topological polar surface area (TPSA) is 121 Å². The number of hydrogen-bond donors (Lipinski definition) is 1. The van der Waals surface area contributed by atoms with E-state index in [1.165, 1.54) is 12.1 Å². The number of para-hydroxylation sites is 2. The summed E-state index contributed by atoms with van der Waals surface area (Å²) in [5.41, 5.74) is -0.348. The zero-order chi connectivity index (χ0) is 27.8. The van der Waals surface area contributed by atoms with Crippen LogP contribution in [-0.2, 0) is 23.9 Å². The smallest absolute Gasteiger partial charge is 0.423 e. The van der Waals surface area contributed by atoms with Crippen LogP contribution in [0.1, 0.15) is 31.2 Å². The molecule has 1 saturated carbocycles. The van der Waals surface area contributed by atoms with E-state index in [-0.39, 0.29) is 18.4 Å². The lowest BCUT2D eigenvalue weighted by atomic mass is 9.51. The quantitative estimate of drug-likeness (QED) is 0.464. The summed E-state index contributed by atoms with van der Waals surface area (Å²) < 4.78 is 19.3. The number of halogens is 1. The Morgan fingerprint density at radius 1 is 1.00 bits per heavy atom. The average molecular weight is 533 g/mol. The molecule has 2 heterocycles. The van der Waals surface area contributed by atoms with Crippen molar-refractivity contribution >= 4 is 35.4 Å². The van der Waals surface area contributed by atoms with Gasteiger partial charge in [-0.1, -0.05) is 42.0 Å². The van der Waals surface area contributed by atoms with Crippen molar-refractivity contribution in [3.63, 3.8) is 0 Å². The van der Waals surface area contributed by atoms with Gasteiger partial charge >= 0.3 is 6.09 Å². The van der Waals surface area contributed by atoms with E-state index in [2.05, 4.69) is 4.74 Å². The summed E-state index contributed by atoms with van der Waals surface area (Å²) in [4.78, 5) is 68.6. The van der Waals surface area contributed by atoms with Crippen LogP contribution in [0.4, 0.5) is 14.9 Å². The van der Waals surface area contributed by atoms with Gasteiger partial charge in [-0.05, 0) is 43.9 Å². The van der Waals surface area contributed by atoms with Crippen molar-refractivity contribution in [3.8, 4) is 5.75 Å². The van der Waals surface area contributed by atoms with Crippen molar-refractivity contribution in [2.75, 3.05) is 12.0 Å². The third-order valence-corrected chi connectivity index (χ3v) is 8.98. The Labute approximate surface area is 222 Å². The molecule has 6 atom stereocenters. The van der Waals surface area contributed by atoms with Crippen LogP contribution in [0.2, 0.25) is 0 Å². The first-order valence-electron chi connectivity index (χ1n) is 12.7. The molecule has 9 nitrogen and oxygen atoms in total. The number of carbonyl (C=O) groups is 5. The number of methoxy groups -OCH3 is 1. The summed E-state index contributed by atoms with van der Waals surface area (Å²) in [7, 11) is 1.07. The molecule has 10 heteroatoms. The first-order valence-corrected chi connectivity index (χ1v) is 12.7. The lowest BCUT2D eigenvalue weighted by molar-refractivity contribution is -0.138. The van der Waals surface area contributed by atoms with E-state index in [1.807, 2.05) is 0 Å². The fraction of sp³-hybridized carbons (Fsp3) is 0.345. The number of rotatable bonds is 2. The molecule has 4 aliphatic rings. The minimum absolute atomic E-state index is 0.0675. The molecular weight excluding hydrogens is 507 g/mol. The zero-order valence-corrected chi connectivity index (χ0v) is 21.2. The number of phenols is 1. The van der Waals surface area contributed by atoms with E-state index < -0.39 is 76.3 Å². The van der Waals surface area contributed by atoms with Gasteiger partial charge in [-0.2, -0.15) is 4.90 Å². The number of carbonyl (C=O) groups excluding carboxylic acids is 5. The molecule has 6 rings (SSSR count). The first kappa shape index (κ1) is 25.0. The van der Waals surface area contributed by atoms with Crippen LogP contribution < -0.4 is 4.90 Å². The molecule has 5 amide bonds. The van der Waals surface area contributed by atoms with E-state index in [9.17, 15) is 33.5 Å². The summed E-state index contributed by atoms with van der Waals surface area (Å²) in [5, 5.41) is 10.8. The van der Waals surface area contributed by atoms with Crippen molar-refractivity contribution in [3.05, 3.63) is 71.6 Å². The van der Waals surface area contributed by atoms with Crippen molar-refractivity contribution in [2.24, 2.45) is 29.1 Å². The molecule has 0 bridgehead atoms. The number of amides is 5. The molecule has 0 radical (unpaired) electrons. The Bertz CT molecular complexity index is 1490. The van der Waals surface area contributed by atoms with Crippen LogP contribution in [0, 0.1) is 34.9 Å². The molecule has 0 spiro atoms. The van der Waals surface area contributed by atoms with Gasteiger partial charge in [0.2, 0.25) is 23.6 Å². The highest BCUT2D eigenvalue weighted by Crippen LogP contribution is 2.64. The van der Waals surface area contributed by atoms with E-state index in [0.717, 1.165) is 18.1 Å². The Hall–Kier alpha value is -4.34. The number of anilines is 1. The maximum absolute atomic E-state index is 14.7. The number of nitrogens with zero attached hydrogens (tertiary/aromatic N) is 2. The highest BCUT2D eigenvalue weighted by Gasteiger charge is 2.68. The lowest BCUT2D eigenvalue weighted by Gasteiger charge is -2.49. The number of imide groups is 4. The fourth-order valence-corrected chi connectivity index (χ4v) is 7.22. The minimum Gasteiger partial charge on any atom is -0.505 e. The molecule has 0 aromatic heterocycles. The molecule has 1 N–H and O–H groups in total. The number of hydrogen-bond acceptors (Lipinski definition) is 7. The van der Waals surface area contributed by atoms with Crippen molar-refractivity contribution in [1.29, 1.82) is 0 Å². The monoisotopic (exact) mass is 532 g/mol. The first-order chi connectivity index (χ1) is 18.6. The van der Waals surface area contributed by atoms with Crippen molar-refractivity contribution in [1.82, 2.24) is 4.90 Å². The van der Waals surface area contributed by atoms with Gasteiger partial charge in [0, 0.05) is 11.5 Å². The largest absolute Gasteiger partial charge is 0.505 e. The Balaban J connectivity index is 1.54. The second kappa shape index (κ2) is 8.59. The van der Waals surface area contributed by atoms with Gasteiger partial charge in [-0.25, -0.2) is 14.1 Å². The maximum atomic E-state index is 14.7. The third-order valence-electron chi connectivity index (χ3n) is 8.98. The van der Waals surface area contributed by atoms with Crippen LogP contribution in [0.25, 0.3) is 0 Å². The highest BCUT2D eigenvalue weighted by atomic mass is 19.1. The number of fused-ring (bicyclic) bond motifs is 4. The van der Waals surface area contributed by atoms with Gasteiger partial charge in [0.15, 0.2) is 11.6 Å². The number of ether oxygens (including phenoxy) is 1. The van der Waals surface area contributed by atoms with Crippen LogP contribution in [0.3, 0.4) is 0 Å². The molecule has 2 aromatic rings. The fourth-order valence-electron chi connectivity index (χ4n) is 7.22. The van der Waals surface area contributed by atoms with E-state index >= 15 is 0 Å². The van der Waals surface area contributed by atoms with Crippen LogP contribution in [-0.4, -0.2) is 46.8 Å². The number of likely N-dealkylation sites (tertiary alicyclic amines) is 1. The summed E-state index contributed by atoms with van der Waals surface area (Å²) in [6.45, 7) is 1.64. The third kappa shape index (κ3) is 3.20. The van der Waals surface area contributed by atoms with Gasteiger partial charge in [-0.15, -0.1) is 0 Å². The minimum atomic E-state index is -1.42. The molecule has 2 aromatic carbocycles. The summed E-state index contributed by atoms with van der Waals surface area (Å²) in [5.74, 6) is -8.30. The van der Waals surface area contributed by atoms with Gasteiger partial charge < -0.3 is 9.84 Å². The summed E-state index contributed by atoms with van der Waals surface area (Å²) in [6, 6.07) is 12.5. The molecule has 39 heavy (non-hydrogen) atoms. The maximum Gasteiger partial charge on any atom is 0.423 e. The Morgan fingerprint density at radius 3 is 2.41 bits per heavy atom. The number of allylic oxidation sites excluding steroid dienone is 2. The average Bonchev–Trinajstić information content (AvgIpc) is 3.30. The van der Waals surface area contributed by atoms with E-state index in [4.69, 9.17) is 0 Å². The molecule has 3 fully saturated rings. The Morgan fingerprint density at radius 2 is 1.72 bits per heavy atom. The molecule has 200 valence electrons. The molecule has 2 aliphatic heterocycles. The highest BCUT2D eigenvalue weighted by molar-refractivity contribution is 6.24. The number of benzene rings is 2.